The first-order valence-electron chi connectivity index (χ1n) is 7.26. The van der Waals surface area contributed by atoms with Gasteiger partial charge in [0.1, 0.15) is 5.41 Å². The Balaban J connectivity index is 2.91. The molecule has 0 aromatic rings. The summed E-state index contributed by atoms with van der Waals surface area (Å²) in [4.78, 5) is 12.0. The van der Waals surface area contributed by atoms with Gasteiger partial charge in [-0.1, -0.05) is 26.7 Å². The van der Waals surface area contributed by atoms with E-state index in [1.54, 1.807) is 0 Å². The minimum absolute atomic E-state index is 0.0684. The van der Waals surface area contributed by atoms with Gasteiger partial charge in [-0.25, -0.2) is 0 Å². The maximum absolute atomic E-state index is 12.0. The molecule has 0 unspecified atom stereocenters. The smallest absolute Gasteiger partial charge is 0.316 e. The first kappa shape index (κ1) is 16.4. The minimum atomic E-state index is -0.917. The van der Waals surface area contributed by atoms with Crippen molar-refractivity contribution in [2.45, 2.75) is 78.3 Å². The average Bonchev–Trinajstić information content (AvgIpc) is 2.67. The van der Waals surface area contributed by atoms with E-state index < -0.39 is 11.2 Å². The van der Waals surface area contributed by atoms with Gasteiger partial charge in [0, 0.05) is 0 Å². The molecule has 1 aliphatic heterocycles. The van der Waals surface area contributed by atoms with E-state index in [9.17, 15) is 4.79 Å². The maximum atomic E-state index is 12.0. The Morgan fingerprint density at radius 3 is 1.89 bits per heavy atom. The Hall–Kier alpha value is -0.610. The number of hydrogen-bond donors (Lipinski definition) is 0. The van der Waals surface area contributed by atoms with Gasteiger partial charge in [0.25, 0.3) is 0 Å². The molecule has 1 rings (SSSR count). The SMILES string of the molecule is CCC[C@H]1OC(C)(C(C)(C)C(=O)OC)O[C@@H]1CCC. The van der Waals surface area contributed by atoms with Crippen molar-refractivity contribution in [1.29, 1.82) is 0 Å². The zero-order chi connectivity index (χ0) is 14.7. The van der Waals surface area contributed by atoms with Crippen molar-refractivity contribution in [1.82, 2.24) is 0 Å². The van der Waals surface area contributed by atoms with Crippen molar-refractivity contribution in [3.05, 3.63) is 0 Å². The van der Waals surface area contributed by atoms with Crippen LogP contribution in [0.15, 0.2) is 0 Å². The van der Waals surface area contributed by atoms with Gasteiger partial charge in [-0.2, -0.15) is 0 Å². The van der Waals surface area contributed by atoms with Gasteiger partial charge in [-0.05, 0) is 33.6 Å². The van der Waals surface area contributed by atoms with E-state index in [4.69, 9.17) is 14.2 Å². The number of hydrogen-bond acceptors (Lipinski definition) is 4. The van der Waals surface area contributed by atoms with Crippen LogP contribution in [0, 0.1) is 5.41 Å². The molecule has 2 atom stereocenters. The van der Waals surface area contributed by atoms with Crippen LogP contribution in [0.3, 0.4) is 0 Å². The van der Waals surface area contributed by atoms with Gasteiger partial charge in [0.2, 0.25) is 0 Å². The predicted octanol–water partition coefficient (Wildman–Crippen LogP) is 3.29. The van der Waals surface area contributed by atoms with Crippen molar-refractivity contribution in [2.24, 2.45) is 5.41 Å². The van der Waals surface area contributed by atoms with E-state index in [1.807, 2.05) is 20.8 Å². The van der Waals surface area contributed by atoms with E-state index >= 15 is 0 Å². The van der Waals surface area contributed by atoms with Crippen LogP contribution in [0.2, 0.25) is 0 Å². The molecule has 0 aliphatic carbocycles. The van der Waals surface area contributed by atoms with Gasteiger partial charge >= 0.3 is 5.97 Å². The lowest BCUT2D eigenvalue weighted by molar-refractivity contribution is -0.236. The lowest BCUT2D eigenvalue weighted by Crippen LogP contribution is -2.49. The van der Waals surface area contributed by atoms with E-state index in [-0.39, 0.29) is 18.2 Å². The highest BCUT2D eigenvalue weighted by Gasteiger charge is 2.56. The van der Waals surface area contributed by atoms with Crippen molar-refractivity contribution in [3.63, 3.8) is 0 Å². The first-order valence-corrected chi connectivity index (χ1v) is 7.26. The molecule has 0 N–H and O–H groups in total. The Morgan fingerprint density at radius 1 is 1.16 bits per heavy atom. The minimum Gasteiger partial charge on any atom is -0.468 e. The molecule has 19 heavy (non-hydrogen) atoms. The normalized spacial score (nSPS) is 26.4. The topological polar surface area (TPSA) is 44.8 Å². The molecule has 0 radical (unpaired) electrons. The summed E-state index contributed by atoms with van der Waals surface area (Å²) in [5, 5.41) is 0. The van der Waals surface area contributed by atoms with E-state index in [0.29, 0.717) is 0 Å². The summed E-state index contributed by atoms with van der Waals surface area (Å²) in [5.74, 6) is -1.22. The predicted molar refractivity (Wildman–Crippen MR) is 73.8 cm³/mol. The second-order valence-electron chi connectivity index (χ2n) is 5.95. The van der Waals surface area contributed by atoms with E-state index in [2.05, 4.69) is 13.8 Å². The lowest BCUT2D eigenvalue weighted by Gasteiger charge is -2.37. The fourth-order valence-corrected chi connectivity index (χ4v) is 2.55. The number of carbonyl (C=O) groups is 1. The van der Waals surface area contributed by atoms with Crippen molar-refractivity contribution in [2.75, 3.05) is 7.11 Å². The van der Waals surface area contributed by atoms with Crippen LogP contribution >= 0.6 is 0 Å². The molecule has 0 aromatic heterocycles. The summed E-state index contributed by atoms with van der Waals surface area (Å²) in [6, 6.07) is 0. The summed E-state index contributed by atoms with van der Waals surface area (Å²) < 4.78 is 17.1. The van der Waals surface area contributed by atoms with Gasteiger partial charge in [-0.3, -0.25) is 4.79 Å². The summed E-state index contributed by atoms with van der Waals surface area (Å²) in [6.07, 6.45) is 4.14. The van der Waals surface area contributed by atoms with Gasteiger partial charge in [0.05, 0.1) is 19.3 Å². The number of methoxy groups -OCH3 is 1. The molecule has 0 aromatic carbocycles. The highest BCUT2D eigenvalue weighted by atomic mass is 16.8. The highest BCUT2D eigenvalue weighted by Crippen LogP contribution is 2.45. The molecule has 1 heterocycles. The Bertz CT molecular complexity index is 297. The number of rotatable bonds is 6. The third-order valence-corrected chi connectivity index (χ3v) is 4.14. The summed E-state index contributed by atoms with van der Waals surface area (Å²) >= 11 is 0. The van der Waals surface area contributed by atoms with Crippen molar-refractivity contribution in [3.8, 4) is 0 Å². The zero-order valence-electron chi connectivity index (χ0n) is 13.1. The number of esters is 1. The Labute approximate surface area is 116 Å². The molecule has 4 heteroatoms. The molecule has 0 spiro atoms. The van der Waals surface area contributed by atoms with Gasteiger partial charge in [0.15, 0.2) is 5.79 Å². The molecule has 0 saturated carbocycles. The lowest BCUT2D eigenvalue weighted by atomic mass is 9.84. The molecule has 1 saturated heterocycles. The van der Waals surface area contributed by atoms with Crippen LogP contribution in [0.4, 0.5) is 0 Å². The monoisotopic (exact) mass is 272 g/mol. The fraction of sp³-hybridized carbons (Fsp3) is 0.933. The molecular formula is C15H28O4. The molecule has 1 aliphatic rings. The molecule has 112 valence electrons. The third-order valence-electron chi connectivity index (χ3n) is 4.14. The van der Waals surface area contributed by atoms with E-state index in [1.165, 1.54) is 7.11 Å². The van der Waals surface area contributed by atoms with Crippen LogP contribution in [-0.4, -0.2) is 31.1 Å². The van der Waals surface area contributed by atoms with Crippen molar-refractivity contribution < 1.29 is 19.0 Å². The second-order valence-corrected chi connectivity index (χ2v) is 5.95. The summed E-state index contributed by atoms with van der Waals surface area (Å²) in [5.41, 5.74) is -0.823. The highest BCUT2D eigenvalue weighted by molar-refractivity contribution is 5.77. The van der Waals surface area contributed by atoms with Crippen LogP contribution in [0.25, 0.3) is 0 Å². The molecule has 1 fully saturated rings. The van der Waals surface area contributed by atoms with Gasteiger partial charge < -0.3 is 14.2 Å². The fourth-order valence-electron chi connectivity index (χ4n) is 2.55. The summed E-state index contributed by atoms with van der Waals surface area (Å²) in [6.45, 7) is 9.75. The first-order chi connectivity index (χ1) is 8.82. The quantitative estimate of drug-likeness (QED) is 0.696. The standard InChI is InChI=1S/C15H28O4/c1-7-9-11-12(10-8-2)19-15(5,18-11)14(3,4)13(16)17-6/h11-12H,7-10H2,1-6H3/t11-,12-/m1/s1. The summed E-state index contributed by atoms with van der Waals surface area (Å²) in [7, 11) is 1.40. The largest absolute Gasteiger partial charge is 0.468 e. The maximum Gasteiger partial charge on any atom is 0.316 e. The van der Waals surface area contributed by atoms with E-state index in [0.717, 1.165) is 25.7 Å². The molecule has 0 amide bonds. The Morgan fingerprint density at radius 2 is 1.58 bits per heavy atom. The number of ether oxygens (including phenoxy) is 3. The van der Waals surface area contributed by atoms with Crippen LogP contribution < -0.4 is 0 Å². The molecular weight excluding hydrogens is 244 g/mol. The average molecular weight is 272 g/mol. The van der Waals surface area contributed by atoms with Crippen LogP contribution in [0.1, 0.15) is 60.3 Å². The van der Waals surface area contributed by atoms with Crippen molar-refractivity contribution >= 4 is 5.97 Å². The molecule has 4 nitrogen and oxygen atoms in total. The second kappa shape index (κ2) is 6.23. The van der Waals surface area contributed by atoms with Crippen LogP contribution in [-0.2, 0) is 19.0 Å². The van der Waals surface area contributed by atoms with Gasteiger partial charge in [-0.15, -0.1) is 0 Å². The van der Waals surface area contributed by atoms with Crippen LogP contribution in [0.5, 0.6) is 0 Å². The number of carbonyl (C=O) groups excluding carboxylic acids is 1. The zero-order valence-corrected chi connectivity index (χ0v) is 13.1. The Kier molecular flexibility index (Phi) is 5.39. The molecule has 0 bridgehead atoms. The third kappa shape index (κ3) is 3.11.